The van der Waals surface area contributed by atoms with Crippen LogP contribution in [0.25, 0.3) is 5.82 Å². The SMILES string of the molecule is Nc1nonc1-n1nnc(C(=O)NN=Cc2cc(Br)ccc2[O-])c1C[NH+]1CCCCC1. The van der Waals surface area contributed by atoms with Gasteiger partial charge in [-0.3, -0.25) is 4.79 Å². The van der Waals surface area contributed by atoms with Crippen LogP contribution < -0.4 is 21.2 Å². The number of likely N-dealkylation sites (tertiary alicyclic amines) is 1. The third kappa shape index (κ3) is 4.72. The minimum Gasteiger partial charge on any atom is -0.872 e. The highest BCUT2D eigenvalue weighted by atomic mass is 79.9. The van der Waals surface area contributed by atoms with Crippen molar-refractivity contribution in [2.24, 2.45) is 5.10 Å². The van der Waals surface area contributed by atoms with Crippen LogP contribution in [0.15, 0.2) is 32.4 Å². The number of anilines is 1. The molecule has 0 bridgehead atoms. The fourth-order valence-electron chi connectivity index (χ4n) is 3.44. The summed E-state index contributed by atoms with van der Waals surface area (Å²) in [5.74, 6) is -0.559. The number of nitrogens with two attached hydrogens (primary N) is 1. The minimum absolute atomic E-state index is 0.0439. The fourth-order valence-corrected chi connectivity index (χ4v) is 3.82. The van der Waals surface area contributed by atoms with Crippen LogP contribution in [0.3, 0.4) is 0 Å². The van der Waals surface area contributed by atoms with Gasteiger partial charge in [0.15, 0.2) is 5.69 Å². The second kappa shape index (κ2) is 9.22. The second-order valence-electron chi connectivity index (χ2n) is 7.14. The molecule has 1 amide bonds. The Balaban J connectivity index is 1.58. The quantitative estimate of drug-likeness (QED) is 0.305. The molecule has 0 radical (unpaired) electrons. The molecular weight excluding hydrogens is 470 g/mol. The summed E-state index contributed by atoms with van der Waals surface area (Å²) in [5.41, 5.74) is 9.17. The number of quaternary nitrogens is 1. The number of nitrogen functional groups attached to an aromatic ring is 1. The van der Waals surface area contributed by atoms with Crippen molar-refractivity contribution in [2.45, 2.75) is 25.8 Å². The van der Waals surface area contributed by atoms with Crippen LogP contribution in [-0.2, 0) is 6.54 Å². The number of carbonyl (C=O) groups is 1. The van der Waals surface area contributed by atoms with E-state index in [1.807, 2.05) is 0 Å². The van der Waals surface area contributed by atoms with Crippen molar-refractivity contribution >= 4 is 33.9 Å². The number of halogens is 1. The van der Waals surface area contributed by atoms with Gasteiger partial charge in [0.05, 0.1) is 19.3 Å². The minimum atomic E-state index is -0.564. The van der Waals surface area contributed by atoms with Gasteiger partial charge in [-0.1, -0.05) is 33.0 Å². The van der Waals surface area contributed by atoms with Gasteiger partial charge in [-0.25, -0.2) is 10.1 Å². The zero-order chi connectivity index (χ0) is 21.8. The van der Waals surface area contributed by atoms with Crippen LogP contribution in [0.4, 0.5) is 5.82 Å². The predicted molar refractivity (Wildman–Crippen MR) is 111 cm³/mol. The number of rotatable bonds is 6. The first-order valence-corrected chi connectivity index (χ1v) is 10.5. The molecule has 2 aromatic heterocycles. The lowest BCUT2D eigenvalue weighted by Gasteiger charge is -2.23. The zero-order valence-electron chi connectivity index (χ0n) is 16.4. The van der Waals surface area contributed by atoms with E-state index < -0.39 is 5.91 Å². The number of hydrogen-bond donors (Lipinski definition) is 3. The maximum absolute atomic E-state index is 12.8. The number of nitrogens with zero attached hydrogens (tertiary/aromatic N) is 6. The smallest absolute Gasteiger partial charge is 0.294 e. The van der Waals surface area contributed by atoms with Crippen LogP contribution in [0.5, 0.6) is 5.75 Å². The zero-order valence-corrected chi connectivity index (χ0v) is 18.0. The lowest BCUT2D eigenvalue weighted by Crippen LogP contribution is -3.11. The number of piperidine rings is 1. The molecular formula is C18H20BrN9O3. The van der Waals surface area contributed by atoms with Crippen molar-refractivity contribution in [3.05, 3.63) is 39.6 Å². The number of hydrazone groups is 1. The average Bonchev–Trinajstić information content (AvgIpc) is 3.37. The first kappa shape index (κ1) is 20.9. The summed E-state index contributed by atoms with van der Waals surface area (Å²) >= 11 is 3.30. The molecule has 1 aliphatic rings. The van der Waals surface area contributed by atoms with E-state index in [1.165, 1.54) is 28.3 Å². The van der Waals surface area contributed by atoms with E-state index in [0.717, 1.165) is 30.4 Å². The Hall–Kier alpha value is -3.32. The lowest BCUT2D eigenvalue weighted by atomic mass is 10.1. The van der Waals surface area contributed by atoms with E-state index in [2.05, 4.69) is 51.7 Å². The first-order valence-electron chi connectivity index (χ1n) is 9.69. The molecule has 13 heteroatoms. The largest absolute Gasteiger partial charge is 0.872 e. The molecule has 3 aromatic rings. The standard InChI is InChI=1S/C18H20BrN9O3/c19-12-4-5-14(29)11(8-12)9-21-23-18(30)15-13(10-27-6-2-1-3-7-27)28(26-22-15)17-16(20)24-31-25-17/h4-5,8-9,29H,1-3,6-7,10H2,(H2,20,24)(H,23,30). The summed E-state index contributed by atoms with van der Waals surface area (Å²) < 4.78 is 6.77. The Kier molecular flexibility index (Phi) is 6.23. The summed E-state index contributed by atoms with van der Waals surface area (Å²) in [6.45, 7) is 2.46. The van der Waals surface area contributed by atoms with Gasteiger partial charge in [0.1, 0.15) is 12.2 Å². The van der Waals surface area contributed by atoms with Crippen molar-refractivity contribution in [2.75, 3.05) is 18.8 Å². The van der Waals surface area contributed by atoms with E-state index in [4.69, 9.17) is 5.73 Å². The number of hydrogen-bond acceptors (Lipinski definition) is 9. The van der Waals surface area contributed by atoms with E-state index >= 15 is 0 Å². The molecule has 0 saturated carbocycles. The predicted octanol–water partition coefficient (Wildman–Crippen LogP) is -0.599. The van der Waals surface area contributed by atoms with Gasteiger partial charge in [0, 0.05) is 4.47 Å². The van der Waals surface area contributed by atoms with Crippen molar-refractivity contribution < 1.29 is 19.4 Å². The molecule has 0 atom stereocenters. The Labute approximate surface area is 185 Å². The number of nitrogens with one attached hydrogen (secondary N) is 2. The summed E-state index contributed by atoms with van der Waals surface area (Å²) in [7, 11) is 0. The highest BCUT2D eigenvalue weighted by Gasteiger charge is 2.27. The molecule has 0 spiro atoms. The van der Waals surface area contributed by atoms with Gasteiger partial charge in [-0.15, -0.1) is 5.10 Å². The molecule has 162 valence electrons. The van der Waals surface area contributed by atoms with Gasteiger partial charge in [-0.05, 0) is 47.3 Å². The van der Waals surface area contributed by atoms with Gasteiger partial charge in [-0.2, -0.15) is 9.78 Å². The van der Waals surface area contributed by atoms with Crippen LogP contribution in [-0.4, -0.2) is 50.5 Å². The van der Waals surface area contributed by atoms with Crippen molar-refractivity contribution in [1.82, 2.24) is 30.7 Å². The molecule has 3 heterocycles. The molecule has 4 rings (SSSR count). The molecule has 1 fully saturated rings. The van der Waals surface area contributed by atoms with Gasteiger partial charge < -0.3 is 15.7 Å². The first-order chi connectivity index (χ1) is 15.0. The highest BCUT2D eigenvalue weighted by Crippen LogP contribution is 2.18. The topological polar surface area (TPSA) is 165 Å². The summed E-state index contributed by atoms with van der Waals surface area (Å²) in [6.07, 6.45) is 4.70. The Morgan fingerprint density at radius 2 is 2.16 bits per heavy atom. The number of aromatic nitrogens is 5. The van der Waals surface area contributed by atoms with E-state index in [9.17, 15) is 9.90 Å². The number of carbonyl (C=O) groups excluding carboxylic acids is 1. The molecule has 31 heavy (non-hydrogen) atoms. The Morgan fingerprint density at radius 1 is 1.35 bits per heavy atom. The Bertz CT molecular complexity index is 1100. The number of amides is 1. The maximum Gasteiger partial charge on any atom is 0.294 e. The van der Waals surface area contributed by atoms with E-state index in [0.29, 0.717) is 17.8 Å². The molecule has 1 saturated heterocycles. The van der Waals surface area contributed by atoms with Gasteiger partial charge >= 0.3 is 0 Å². The fraction of sp³-hybridized carbons (Fsp3) is 0.333. The van der Waals surface area contributed by atoms with Crippen LogP contribution in [0, 0.1) is 0 Å². The summed E-state index contributed by atoms with van der Waals surface area (Å²) in [5, 5.41) is 31.2. The molecule has 1 aliphatic heterocycles. The maximum atomic E-state index is 12.8. The third-order valence-corrected chi connectivity index (χ3v) is 5.49. The highest BCUT2D eigenvalue weighted by molar-refractivity contribution is 9.10. The average molecular weight is 490 g/mol. The van der Waals surface area contributed by atoms with E-state index in [1.54, 1.807) is 12.1 Å². The lowest BCUT2D eigenvalue weighted by molar-refractivity contribution is -0.918. The van der Waals surface area contributed by atoms with Gasteiger partial charge in [0.25, 0.3) is 5.91 Å². The molecule has 0 unspecified atom stereocenters. The second-order valence-corrected chi connectivity index (χ2v) is 8.05. The number of benzene rings is 1. The molecule has 4 N–H and O–H groups in total. The summed E-state index contributed by atoms with van der Waals surface area (Å²) in [6, 6.07) is 4.66. The van der Waals surface area contributed by atoms with Crippen LogP contribution in [0.2, 0.25) is 0 Å². The van der Waals surface area contributed by atoms with Gasteiger partial charge in [0.2, 0.25) is 11.6 Å². The summed E-state index contributed by atoms with van der Waals surface area (Å²) in [4.78, 5) is 14.1. The van der Waals surface area contributed by atoms with Crippen LogP contribution >= 0.6 is 15.9 Å². The van der Waals surface area contributed by atoms with Crippen molar-refractivity contribution in [3.63, 3.8) is 0 Å². The van der Waals surface area contributed by atoms with Crippen molar-refractivity contribution in [3.8, 4) is 11.6 Å². The normalized spacial score (nSPS) is 14.9. The molecule has 0 aliphatic carbocycles. The van der Waals surface area contributed by atoms with Crippen molar-refractivity contribution in [1.29, 1.82) is 0 Å². The molecule has 1 aromatic carbocycles. The third-order valence-electron chi connectivity index (χ3n) is 4.99. The molecule has 12 nitrogen and oxygen atoms in total. The van der Waals surface area contributed by atoms with E-state index in [-0.39, 0.29) is 23.1 Å². The van der Waals surface area contributed by atoms with Crippen LogP contribution in [0.1, 0.15) is 41.0 Å². The Morgan fingerprint density at radius 3 is 2.90 bits per heavy atom. The monoisotopic (exact) mass is 489 g/mol.